The maximum absolute atomic E-state index is 12.4. The van der Waals surface area contributed by atoms with Gasteiger partial charge in [0.1, 0.15) is 0 Å². The second-order valence-electron chi connectivity index (χ2n) is 5.67. The van der Waals surface area contributed by atoms with Gasteiger partial charge in [-0.3, -0.25) is 0 Å². The SMILES string of the molecule is CCNCc1ccc(S(=O)(=O)NC2CCCC2C)cc1Cl. The molecule has 4 nitrogen and oxygen atoms in total. The Kier molecular flexibility index (Phi) is 5.66. The number of nitrogens with one attached hydrogen (secondary N) is 2. The molecule has 2 N–H and O–H groups in total. The van der Waals surface area contributed by atoms with Crippen molar-refractivity contribution in [3.8, 4) is 0 Å². The van der Waals surface area contributed by atoms with Crippen LogP contribution in [0.1, 0.15) is 38.7 Å². The summed E-state index contributed by atoms with van der Waals surface area (Å²) in [6, 6.07) is 4.98. The van der Waals surface area contributed by atoms with Gasteiger partial charge in [0.25, 0.3) is 0 Å². The summed E-state index contributed by atoms with van der Waals surface area (Å²) in [5, 5.41) is 3.66. The topological polar surface area (TPSA) is 58.2 Å². The van der Waals surface area contributed by atoms with E-state index in [0.717, 1.165) is 31.4 Å². The lowest BCUT2D eigenvalue weighted by Gasteiger charge is -2.17. The van der Waals surface area contributed by atoms with Crippen LogP contribution in [0.25, 0.3) is 0 Å². The van der Waals surface area contributed by atoms with Gasteiger partial charge in [-0.05, 0) is 43.0 Å². The van der Waals surface area contributed by atoms with Crippen LogP contribution in [0.4, 0.5) is 0 Å². The molecule has 1 aromatic rings. The van der Waals surface area contributed by atoms with E-state index >= 15 is 0 Å². The summed E-state index contributed by atoms with van der Waals surface area (Å²) >= 11 is 6.18. The average Bonchev–Trinajstić information content (AvgIpc) is 2.82. The molecule has 2 unspecified atom stereocenters. The Morgan fingerprint density at radius 3 is 2.67 bits per heavy atom. The molecular weight excluding hydrogens is 308 g/mol. The quantitative estimate of drug-likeness (QED) is 0.843. The zero-order chi connectivity index (χ0) is 15.5. The van der Waals surface area contributed by atoms with Crippen molar-refractivity contribution >= 4 is 21.6 Å². The van der Waals surface area contributed by atoms with Crippen molar-refractivity contribution in [1.29, 1.82) is 0 Å². The molecule has 0 bridgehead atoms. The monoisotopic (exact) mass is 330 g/mol. The molecule has 0 amide bonds. The number of rotatable bonds is 6. The van der Waals surface area contributed by atoms with Crippen molar-refractivity contribution < 1.29 is 8.42 Å². The Balaban J connectivity index is 2.14. The van der Waals surface area contributed by atoms with Gasteiger partial charge in [0, 0.05) is 17.6 Å². The fourth-order valence-corrected chi connectivity index (χ4v) is 4.40. The minimum absolute atomic E-state index is 0.0372. The van der Waals surface area contributed by atoms with Gasteiger partial charge in [0.2, 0.25) is 10.0 Å². The minimum Gasteiger partial charge on any atom is -0.313 e. The Bertz CT molecular complexity index is 589. The summed E-state index contributed by atoms with van der Waals surface area (Å²) in [5.74, 6) is 0.392. The van der Waals surface area contributed by atoms with E-state index in [1.807, 2.05) is 6.92 Å². The summed E-state index contributed by atoms with van der Waals surface area (Å²) < 4.78 is 27.7. The van der Waals surface area contributed by atoms with Crippen molar-refractivity contribution in [2.75, 3.05) is 6.54 Å². The van der Waals surface area contributed by atoms with E-state index in [1.165, 1.54) is 6.07 Å². The number of hydrogen-bond donors (Lipinski definition) is 2. The van der Waals surface area contributed by atoms with Gasteiger partial charge in [0.15, 0.2) is 0 Å². The second-order valence-corrected chi connectivity index (χ2v) is 7.79. The van der Waals surface area contributed by atoms with Gasteiger partial charge in [-0.15, -0.1) is 0 Å². The normalized spacial score (nSPS) is 22.6. The van der Waals surface area contributed by atoms with E-state index in [2.05, 4.69) is 17.0 Å². The van der Waals surface area contributed by atoms with Gasteiger partial charge < -0.3 is 5.32 Å². The highest BCUT2D eigenvalue weighted by Crippen LogP contribution is 2.27. The summed E-state index contributed by atoms with van der Waals surface area (Å²) in [4.78, 5) is 0.242. The molecule has 1 saturated carbocycles. The average molecular weight is 331 g/mol. The summed E-state index contributed by atoms with van der Waals surface area (Å²) in [6.07, 6.45) is 3.07. The third-order valence-corrected chi connectivity index (χ3v) is 5.91. The van der Waals surface area contributed by atoms with E-state index in [4.69, 9.17) is 11.6 Å². The zero-order valence-electron chi connectivity index (χ0n) is 12.5. The Hall–Kier alpha value is -0.620. The number of benzene rings is 1. The van der Waals surface area contributed by atoms with Crippen LogP contribution in [0, 0.1) is 5.92 Å². The van der Waals surface area contributed by atoms with Crippen LogP contribution in [0.15, 0.2) is 23.1 Å². The van der Waals surface area contributed by atoms with Crippen LogP contribution < -0.4 is 10.0 Å². The van der Waals surface area contributed by atoms with E-state index in [0.29, 0.717) is 17.5 Å². The second kappa shape index (κ2) is 7.09. The lowest BCUT2D eigenvalue weighted by molar-refractivity contribution is 0.476. The molecule has 1 aliphatic rings. The Morgan fingerprint density at radius 1 is 1.33 bits per heavy atom. The molecule has 1 aromatic carbocycles. The number of halogens is 1. The van der Waals surface area contributed by atoms with Gasteiger partial charge in [-0.2, -0.15) is 0 Å². The predicted molar refractivity (Wildman–Crippen MR) is 86.0 cm³/mol. The molecule has 0 heterocycles. The molecule has 1 fully saturated rings. The van der Waals surface area contributed by atoms with Crippen LogP contribution in [-0.2, 0) is 16.6 Å². The number of hydrogen-bond acceptors (Lipinski definition) is 3. The van der Waals surface area contributed by atoms with Crippen molar-refractivity contribution in [1.82, 2.24) is 10.0 Å². The molecule has 6 heteroatoms. The van der Waals surface area contributed by atoms with Gasteiger partial charge in [0.05, 0.1) is 4.90 Å². The molecule has 1 aliphatic carbocycles. The zero-order valence-corrected chi connectivity index (χ0v) is 14.1. The fraction of sp³-hybridized carbons (Fsp3) is 0.600. The molecule has 21 heavy (non-hydrogen) atoms. The fourth-order valence-electron chi connectivity index (χ4n) is 2.69. The van der Waals surface area contributed by atoms with Gasteiger partial charge >= 0.3 is 0 Å². The molecular formula is C15H23ClN2O2S. The summed E-state index contributed by atoms with van der Waals surface area (Å²) in [5.41, 5.74) is 0.909. The van der Waals surface area contributed by atoms with E-state index in [-0.39, 0.29) is 10.9 Å². The van der Waals surface area contributed by atoms with Crippen molar-refractivity contribution in [2.24, 2.45) is 5.92 Å². The van der Waals surface area contributed by atoms with E-state index in [1.54, 1.807) is 12.1 Å². The van der Waals surface area contributed by atoms with Crippen LogP contribution in [0.5, 0.6) is 0 Å². The van der Waals surface area contributed by atoms with Gasteiger partial charge in [-0.25, -0.2) is 13.1 Å². The van der Waals surface area contributed by atoms with Crippen LogP contribution >= 0.6 is 11.6 Å². The van der Waals surface area contributed by atoms with Crippen LogP contribution in [-0.4, -0.2) is 21.0 Å². The smallest absolute Gasteiger partial charge is 0.240 e. The van der Waals surface area contributed by atoms with Crippen LogP contribution in [0.2, 0.25) is 5.02 Å². The maximum Gasteiger partial charge on any atom is 0.240 e. The van der Waals surface area contributed by atoms with Gasteiger partial charge in [-0.1, -0.05) is 37.9 Å². The molecule has 0 saturated heterocycles. The summed E-state index contributed by atoms with van der Waals surface area (Å²) in [7, 11) is -3.49. The largest absolute Gasteiger partial charge is 0.313 e. The first-order valence-electron chi connectivity index (χ1n) is 7.45. The first kappa shape index (κ1) is 16.7. The Labute approximate surface area is 132 Å². The molecule has 2 atom stereocenters. The van der Waals surface area contributed by atoms with E-state index < -0.39 is 10.0 Å². The predicted octanol–water partition coefficient (Wildman–Crippen LogP) is 2.92. The van der Waals surface area contributed by atoms with E-state index in [9.17, 15) is 8.42 Å². The van der Waals surface area contributed by atoms with Crippen molar-refractivity contribution in [3.63, 3.8) is 0 Å². The van der Waals surface area contributed by atoms with Crippen LogP contribution in [0.3, 0.4) is 0 Å². The third-order valence-electron chi connectivity index (χ3n) is 4.07. The van der Waals surface area contributed by atoms with Crippen molar-refractivity contribution in [2.45, 2.75) is 50.6 Å². The molecule has 0 spiro atoms. The lowest BCUT2D eigenvalue weighted by Crippen LogP contribution is -2.36. The minimum atomic E-state index is -3.49. The first-order valence-corrected chi connectivity index (χ1v) is 9.31. The maximum atomic E-state index is 12.4. The molecule has 118 valence electrons. The highest BCUT2D eigenvalue weighted by atomic mass is 35.5. The molecule has 0 aliphatic heterocycles. The molecule has 0 aromatic heterocycles. The highest BCUT2D eigenvalue weighted by molar-refractivity contribution is 7.89. The number of sulfonamides is 1. The third kappa shape index (κ3) is 4.19. The Morgan fingerprint density at radius 2 is 2.10 bits per heavy atom. The van der Waals surface area contributed by atoms with Crippen molar-refractivity contribution in [3.05, 3.63) is 28.8 Å². The lowest BCUT2D eigenvalue weighted by atomic mass is 10.1. The summed E-state index contributed by atoms with van der Waals surface area (Å²) in [6.45, 7) is 5.59. The molecule has 2 rings (SSSR count). The standard InChI is InChI=1S/C15H23ClN2O2S/c1-3-17-10-12-7-8-13(9-14(12)16)21(19,20)18-15-6-4-5-11(15)2/h7-9,11,15,17-18H,3-6,10H2,1-2H3. The molecule has 0 radical (unpaired) electrons. The highest BCUT2D eigenvalue weighted by Gasteiger charge is 2.28. The first-order chi connectivity index (χ1) is 9.94.